The minimum atomic E-state index is -0.411. The molecule has 0 radical (unpaired) electrons. The van der Waals surface area contributed by atoms with Gasteiger partial charge in [-0.3, -0.25) is 4.79 Å². The Hall–Kier alpha value is -1.35. The number of nitrogens with two attached hydrogens (primary N) is 2. The van der Waals surface area contributed by atoms with Gasteiger partial charge in [0, 0.05) is 11.6 Å². The molecule has 0 unspecified atom stereocenters. The molecule has 1 amide bonds. The Bertz CT molecular complexity index is 277. The highest BCUT2D eigenvalue weighted by atomic mass is 16.1. The second-order valence-electron chi connectivity index (χ2n) is 2.77. The molecule has 1 aromatic carbocycles. The van der Waals surface area contributed by atoms with Crippen molar-refractivity contribution in [2.75, 3.05) is 0 Å². The Morgan fingerprint density at radius 2 is 1.83 bits per heavy atom. The van der Waals surface area contributed by atoms with Crippen molar-refractivity contribution in [3.05, 3.63) is 35.4 Å². The molecule has 0 bridgehead atoms. The Morgan fingerprint density at radius 1 is 1.33 bits per heavy atom. The fourth-order valence-electron chi connectivity index (χ4n) is 0.951. The highest BCUT2D eigenvalue weighted by Crippen LogP contribution is 2.09. The van der Waals surface area contributed by atoms with E-state index in [1.807, 2.05) is 19.1 Å². The molecular formula is C9H12N2O. The van der Waals surface area contributed by atoms with Gasteiger partial charge in [0.15, 0.2) is 0 Å². The highest BCUT2D eigenvalue weighted by molar-refractivity contribution is 5.92. The molecule has 0 aromatic heterocycles. The van der Waals surface area contributed by atoms with Crippen molar-refractivity contribution in [1.82, 2.24) is 0 Å². The van der Waals surface area contributed by atoms with Gasteiger partial charge in [-0.05, 0) is 24.6 Å². The van der Waals surface area contributed by atoms with E-state index >= 15 is 0 Å². The molecule has 0 aliphatic heterocycles. The van der Waals surface area contributed by atoms with Crippen molar-refractivity contribution >= 4 is 5.91 Å². The van der Waals surface area contributed by atoms with Gasteiger partial charge in [-0.15, -0.1) is 0 Å². The highest BCUT2D eigenvalue weighted by Gasteiger charge is 2.01. The summed E-state index contributed by atoms with van der Waals surface area (Å²) in [4.78, 5) is 10.7. The lowest BCUT2D eigenvalue weighted by Crippen LogP contribution is -2.11. The van der Waals surface area contributed by atoms with Crippen LogP contribution in [-0.4, -0.2) is 5.91 Å². The molecule has 0 saturated carbocycles. The summed E-state index contributed by atoms with van der Waals surface area (Å²) >= 11 is 0. The smallest absolute Gasteiger partial charge is 0.248 e. The topological polar surface area (TPSA) is 69.1 Å². The summed E-state index contributed by atoms with van der Waals surface area (Å²) in [7, 11) is 0. The third-order valence-corrected chi connectivity index (χ3v) is 1.72. The lowest BCUT2D eigenvalue weighted by atomic mass is 10.1. The summed E-state index contributed by atoms with van der Waals surface area (Å²) in [5, 5.41) is 0. The third-order valence-electron chi connectivity index (χ3n) is 1.72. The number of hydrogen-bond acceptors (Lipinski definition) is 2. The molecule has 1 atom stereocenters. The molecule has 0 spiro atoms. The van der Waals surface area contributed by atoms with Gasteiger partial charge in [0.1, 0.15) is 0 Å². The Kier molecular flexibility index (Phi) is 2.45. The molecule has 1 aromatic rings. The summed E-state index contributed by atoms with van der Waals surface area (Å²) in [5.74, 6) is -0.411. The minimum absolute atomic E-state index is 0.00748. The quantitative estimate of drug-likeness (QED) is 0.679. The summed E-state index contributed by atoms with van der Waals surface area (Å²) < 4.78 is 0. The van der Waals surface area contributed by atoms with Crippen LogP contribution in [0.15, 0.2) is 24.3 Å². The van der Waals surface area contributed by atoms with Crippen LogP contribution >= 0.6 is 0 Å². The predicted octanol–water partition coefficient (Wildman–Crippen LogP) is 0.805. The number of carbonyl (C=O) groups is 1. The second-order valence-corrected chi connectivity index (χ2v) is 2.77. The average Bonchev–Trinajstić information content (AvgIpc) is 2.04. The van der Waals surface area contributed by atoms with E-state index in [1.54, 1.807) is 12.1 Å². The maximum atomic E-state index is 10.7. The first-order valence-electron chi connectivity index (χ1n) is 3.76. The van der Waals surface area contributed by atoms with Crippen LogP contribution < -0.4 is 11.5 Å². The van der Waals surface area contributed by atoms with Crippen LogP contribution in [0.4, 0.5) is 0 Å². The molecule has 64 valence electrons. The average molecular weight is 164 g/mol. The van der Waals surface area contributed by atoms with Gasteiger partial charge in [0.05, 0.1) is 0 Å². The number of carbonyl (C=O) groups excluding carboxylic acids is 1. The summed E-state index contributed by atoms with van der Waals surface area (Å²) in [6.07, 6.45) is 0. The van der Waals surface area contributed by atoms with E-state index in [1.165, 1.54) is 0 Å². The summed E-state index contributed by atoms with van der Waals surface area (Å²) in [6, 6.07) is 6.98. The molecule has 0 saturated heterocycles. The van der Waals surface area contributed by atoms with Crippen molar-refractivity contribution in [2.45, 2.75) is 13.0 Å². The molecule has 1 rings (SSSR count). The van der Waals surface area contributed by atoms with Gasteiger partial charge in [-0.2, -0.15) is 0 Å². The molecule has 3 heteroatoms. The van der Waals surface area contributed by atoms with Crippen LogP contribution in [0.1, 0.15) is 28.9 Å². The first kappa shape index (κ1) is 8.74. The third kappa shape index (κ3) is 1.83. The predicted molar refractivity (Wildman–Crippen MR) is 47.6 cm³/mol. The fraction of sp³-hybridized carbons (Fsp3) is 0.222. The maximum absolute atomic E-state index is 10.7. The summed E-state index contributed by atoms with van der Waals surface area (Å²) in [5.41, 5.74) is 12.2. The van der Waals surface area contributed by atoms with E-state index < -0.39 is 5.91 Å². The lowest BCUT2D eigenvalue weighted by molar-refractivity contribution is 0.100. The zero-order valence-corrected chi connectivity index (χ0v) is 6.95. The van der Waals surface area contributed by atoms with E-state index in [0.717, 1.165) is 5.56 Å². The first-order chi connectivity index (χ1) is 5.61. The van der Waals surface area contributed by atoms with Crippen LogP contribution in [0.25, 0.3) is 0 Å². The molecule has 4 N–H and O–H groups in total. The van der Waals surface area contributed by atoms with Crippen molar-refractivity contribution in [2.24, 2.45) is 11.5 Å². The van der Waals surface area contributed by atoms with Gasteiger partial charge in [0.25, 0.3) is 0 Å². The largest absolute Gasteiger partial charge is 0.366 e. The van der Waals surface area contributed by atoms with E-state index in [4.69, 9.17) is 11.5 Å². The van der Waals surface area contributed by atoms with Crippen molar-refractivity contribution < 1.29 is 4.79 Å². The summed E-state index contributed by atoms with van der Waals surface area (Å²) in [6.45, 7) is 1.89. The minimum Gasteiger partial charge on any atom is -0.366 e. The SMILES string of the molecule is C[C@H](N)c1ccc(C(N)=O)cc1. The van der Waals surface area contributed by atoms with Gasteiger partial charge < -0.3 is 11.5 Å². The molecule has 0 aliphatic rings. The monoisotopic (exact) mass is 164 g/mol. The zero-order chi connectivity index (χ0) is 9.14. The van der Waals surface area contributed by atoms with Crippen LogP contribution in [0.3, 0.4) is 0 Å². The van der Waals surface area contributed by atoms with E-state index in [-0.39, 0.29) is 6.04 Å². The molecule has 0 aliphatic carbocycles. The number of benzene rings is 1. The Morgan fingerprint density at radius 3 is 2.17 bits per heavy atom. The van der Waals surface area contributed by atoms with E-state index in [0.29, 0.717) is 5.56 Å². The maximum Gasteiger partial charge on any atom is 0.248 e. The van der Waals surface area contributed by atoms with Crippen LogP contribution in [0.2, 0.25) is 0 Å². The normalized spacial score (nSPS) is 12.5. The van der Waals surface area contributed by atoms with Crippen molar-refractivity contribution in [1.29, 1.82) is 0 Å². The van der Waals surface area contributed by atoms with E-state index in [2.05, 4.69) is 0 Å². The van der Waals surface area contributed by atoms with Gasteiger partial charge in [0.2, 0.25) is 5.91 Å². The number of hydrogen-bond donors (Lipinski definition) is 2. The molecule has 0 heterocycles. The standard InChI is InChI=1S/C9H12N2O/c1-6(10)7-2-4-8(5-3-7)9(11)12/h2-6H,10H2,1H3,(H2,11,12)/t6-/m0/s1. The van der Waals surface area contributed by atoms with Gasteiger partial charge in [-0.1, -0.05) is 12.1 Å². The van der Waals surface area contributed by atoms with Crippen molar-refractivity contribution in [3.8, 4) is 0 Å². The zero-order valence-electron chi connectivity index (χ0n) is 6.95. The first-order valence-corrected chi connectivity index (χ1v) is 3.76. The fourth-order valence-corrected chi connectivity index (χ4v) is 0.951. The van der Waals surface area contributed by atoms with E-state index in [9.17, 15) is 4.79 Å². The Balaban J connectivity index is 2.93. The number of amides is 1. The van der Waals surface area contributed by atoms with Crippen molar-refractivity contribution in [3.63, 3.8) is 0 Å². The second kappa shape index (κ2) is 3.36. The molecule has 12 heavy (non-hydrogen) atoms. The molecule has 0 fully saturated rings. The van der Waals surface area contributed by atoms with Crippen LogP contribution in [0, 0.1) is 0 Å². The van der Waals surface area contributed by atoms with Crippen LogP contribution in [-0.2, 0) is 0 Å². The van der Waals surface area contributed by atoms with Crippen LogP contribution in [0.5, 0.6) is 0 Å². The number of rotatable bonds is 2. The molecular weight excluding hydrogens is 152 g/mol. The molecule has 3 nitrogen and oxygen atoms in total. The van der Waals surface area contributed by atoms with Gasteiger partial charge >= 0.3 is 0 Å². The van der Waals surface area contributed by atoms with Gasteiger partial charge in [-0.25, -0.2) is 0 Å². The number of primary amides is 1. The lowest BCUT2D eigenvalue weighted by Gasteiger charge is -2.04. The Labute approximate surface area is 71.4 Å².